The Morgan fingerprint density at radius 1 is 1.40 bits per heavy atom. The molecule has 0 aromatic carbocycles. The van der Waals surface area contributed by atoms with Gasteiger partial charge in [-0.1, -0.05) is 13.8 Å². The summed E-state index contributed by atoms with van der Waals surface area (Å²) in [4.78, 5) is 0. The standard InChI is InChI=1S/C7H15N3/c1-7(2)10-6-5-9-4-3-8/h7,9-10H,4-6H2,1-2H3. The maximum atomic E-state index is 8.14. The van der Waals surface area contributed by atoms with Gasteiger partial charge in [-0.2, -0.15) is 5.26 Å². The molecule has 0 saturated heterocycles. The van der Waals surface area contributed by atoms with Crippen LogP contribution in [0.2, 0.25) is 0 Å². The summed E-state index contributed by atoms with van der Waals surface area (Å²) in [7, 11) is 0. The Bertz CT molecular complexity index is 104. The molecule has 0 fully saturated rings. The zero-order valence-electron chi connectivity index (χ0n) is 6.65. The van der Waals surface area contributed by atoms with Crippen molar-refractivity contribution in [1.82, 2.24) is 10.6 Å². The molecule has 0 aromatic heterocycles. The molecule has 0 aliphatic carbocycles. The second-order valence-electron chi connectivity index (χ2n) is 2.44. The number of hydrogen-bond donors (Lipinski definition) is 2. The highest BCUT2D eigenvalue weighted by atomic mass is 14.9. The molecule has 2 N–H and O–H groups in total. The third-order valence-corrected chi connectivity index (χ3v) is 1.06. The van der Waals surface area contributed by atoms with Crippen molar-refractivity contribution in [3.8, 4) is 6.07 Å². The summed E-state index contributed by atoms with van der Waals surface area (Å²) < 4.78 is 0. The average molecular weight is 141 g/mol. The average Bonchev–Trinajstić information content (AvgIpc) is 1.87. The quantitative estimate of drug-likeness (QED) is 0.421. The Morgan fingerprint density at radius 3 is 2.60 bits per heavy atom. The molecule has 0 amide bonds. The number of rotatable bonds is 5. The number of nitrogens with zero attached hydrogens (tertiary/aromatic N) is 1. The van der Waals surface area contributed by atoms with E-state index in [0.29, 0.717) is 12.6 Å². The summed E-state index contributed by atoms with van der Waals surface area (Å²) >= 11 is 0. The highest BCUT2D eigenvalue weighted by Gasteiger charge is 1.89. The molecule has 0 heterocycles. The Kier molecular flexibility index (Phi) is 6.14. The van der Waals surface area contributed by atoms with E-state index in [0.717, 1.165) is 13.1 Å². The van der Waals surface area contributed by atoms with E-state index in [4.69, 9.17) is 5.26 Å². The lowest BCUT2D eigenvalue weighted by molar-refractivity contribution is 0.568. The molecule has 10 heavy (non-hydrogen) atoms. The van der Waals surface area contributed by atoms with E-state index in [1.54, 1.807) is 0 Å². The Balaban J connectivity index is 2.86. The van der Waals surface area contributed by atoms with E-state index in [-0.39, 0.29) is 0 Å². The van der Waals surface area contributed by atoms with Crippen molar-refractivity contribution in [3.05, 3.63) is 0 Å². The van der Waals surface area contributed by atoms with E-state index in [1.807, 2.05) is 6.07 Å². The first-order valence-electron chi connectivity index (χ1n) is 3.58. The highest BCUT2D eigenvalue weighted by molar-refractivity contribution is 4.72. The summed E-state index contributed by atoms with van der Waals surface area (Å²) in [5.41, 5.74) is 0. The molecule has 0 rings (SSSR count). The van der Waals surface area contributed by atoms with Crippen molar-refractivity contribution < 1.29 is 0 Å². The molecule has 0 atom stereocenters. The number of nitriles is 1. The molecule has 58 valence electrons. The van der Waals surface area contributed by atoms with Gasteiger partial charge in [0.1, 0.15) is 0 Å². The molecule has 0 unspecified atom stereocenters. The predicted molar refractivity (Wildman–Crippen MR) is 41.6 cm³/mol. The molecule has 0 spiro atoms. The van der Waals surface area contributed by atoms with Gasteiger partial charge in [0.25, 0.3) is 0 Å². The Labute approximate surface area is 62.4 Å². The zero-order valence-corrected chi connectivity index (χ0v) is 6.65. The van der Waals surface area contributed by atoms with Crippen molar-refractivity contribution in [2.45, 2.75) is 19.9 Å². The lowest BCUT2D eigenvalue weighted by atomic mass is 10.4. The zero-order chi connectivity index (χ0) is 7.82. The van der Waals surface area contributed by atoms with Crippen LogP contribution in [-0.2, 0) is 0 Å². The molecular formula is C7H15N3. The SMILES string of the molecule is CC(C)NCCNCC#N. The third kappa shape index (κ3) is 7.41. The maximum Gasteiger partial charge on any atom is 0.0841 e. The van der Waals surface area contributed by atoms with Crippen LogP contribution in [0.4, 0.5) is 0 Å². The normalized spacial score (nSPS) is 9.80. The first kappa shape index (κ1) is 9.41. The van der Waals surface area contributed by atoms with Gasteiger partial charge in [-0.05, 0) is 0 Å². The molecule has 0 saturated carbocycles. The van der Waals surface area contributed by atoms with Crippen LogP contribution in [-0.4, -0.2) is 25.7 Å². The molecule has 0 bridgehead atoms. The molecule has 0 aromatic rings. The van der Waals surface area contributed by atoms with E-state index in [2.05, 4.69) is 24.5 Å². The van der Waals surface area contributed by atoms with Gasteiger partial charge in [0.15, 0.2) is 0 Å². The summed E-state index contributed by atoms with van der Waals surface area (Å²) in [5, 5.41) is 14.3. The summed E-state index contributed by atoms with van der Waals surface area (Å²) in [6.07, 6.45) is 0. The number of nitrogens with one attached hydrogen (secondary N) is 2. The van der Waals surface area contributed by atoms with Gasteiger partial charge in [0.2, 0.25) is 0 Å². The molecule has 0 aliphatic heterocycles. The van der Waals surface area contributed by atoms with Gasteiger partial charge >= 0.3 is 0 Å². The van der Waals surface area contributed by atoms with Gasteiger partial charge < -0.3 is 10.6 Å². The van der Waals surface area contributed by atoms with Crippen LogP contribution in [0.25, 0.3) is 0 Å². The molecule has 3 heteroatoms. The fourth-order valence-corrected chi connectivity index (χ4v) is 0.594. The second kappa shape index (κ2) is 6.53. The third-order valence-electron chi connectivity index (χ3n) is 1.06. The summed E-state index contributed by atoms with van der Waals surface area (Å²) in [5.74, 6) is 0. The van der Waals surface area contributed by atoms with E-state index >= 15 is 0 Å². The van der Waals surface area contributed by atoms with Crippen LogP contribution in [0.5, 0.6) is 0 Å². The van der Waals surface area contributed by atoms with E-state index < -0.39 is 0 Å². The molecule has 0 radical (unpaired) electrons. The topological polar surface area (TPSA) is 47.8 Å². The Hall–Kier alpha value is -0.590. The lowest BCUT2D eigenvalue weighted by Gasteiger charge is -2.06. The van der Waals surface area contributed by atoms with Gasteiger partial charge in [-0.3, -0.25) is 0 Å². The second-order valence-corrected chi connectivity index (χ2v) is 2.44. The number of hydrogen-bond acceptors (Lipinski definition) is 3. The minimum absolute atomic E-state index is 0.444. The summed E-state index contributed by atoms with van der Waals surface area (Å²) in [6, 6.07) is 2.55. The smallest absolute Gasteiger partial charge is 0.0841 e. The molecular weight excluding hydrogens is 126 g/mol. The predicted octanol–water partition coefficient (Wildman–Crippen LogP) is 0.0976. The van der Waals surface area contributed by atoms with Crippen molar-refractivity contribution in [3.63, 3.8) is 0 Å². The van der Waals surface area contributed by atoms with Crippen LogP contribution < -0.4 is 10.6 Å². The molecule has 3 nitrogen and oxygen atoms in total. The largest absolute Gasteiger partial charge is 0.313 e. The maximum absolute atomic E-state index is 8.14. The van der Waals surface area contributed by atoms with Crippen molar-refractivity contribution in [2.24, 2.45) is 0 Å². The van der Waals surface area contributed by atoms with Crippen molar-refractivity contribution in [1.29, 1.82) is 5.26 Å². The van der Waals surface area contributed by atoms with Gasteiger partial charge in [-0.15, -0.1) is 0 Å². The lowest BCUT2D eigenvalue weighted by Crippen LogP contribution is -2.31. The fourth-order valence-electron chi connectivity index (χ4n) is 0.594. The van der Waals surface area contributed by atoms with E-state index in [1.165, 1.54) is 0 Å². The molecule has 0 aliphatic rings. The minimum Gasteiger partial charge on any atom is -0.313 e. The Morgan fingerprint density at radius 2 is 2.10 bits per heavy atom. The monoisotopic (exact) mass is 141 g/mol. The van der Waals surface area contributed by atoms with Gasteiger partial charge in [0.05, 0.1) is 12.6 Å². The van der Waals surface area contributed by atoms with Gasteiger partial charge in [-0.25, -0.2) is 0 Å². The fraction of sp³-hybridized carbons (Fsp3) is 0.857. The van der Waals surface area contributed by atoms with Crippen LogP contribution in [0.1, 0.15) is 13.8 Å². The van der Waals surface area contributed by atoms with Crippen molar-refractivity contribution in [2.75, 3.05) is 19.6 Å². The van der Waals surface area contributed by atoms with Crippen LogP contribution >= 0.6 is 0 Å². The van der Waals surface area contributed by atoms with Crippen LogP contribution in [0.3, 0.4) is 0 Å². The summed E-state index contributed by atoms with van der Waals surface area (Å²) in [6.45, 7) is 6.44. The first-order valence-corrected chi connectivity index (χ1v) is 3.58. The first-order chi connectivity index (χ1) is 4.77. The minimum atomic E-state index is 0.444. The van der Waals surface area contributed by atoms with Crippen molar-refractivity contribution >= 4 is 0 Å². The van der Waals surface area contributed by atoms with Gasteiger partial charge in [0, 0.05) is 19.1 Å². The van der Waals surface area contributed by atoms with Crippen LogP contribution in [0.15, 0.2) is 0 Å². The van der Waals surface area contributed by atoms with E-state index in [9.17, 15) is 0 Å². The highest BCUT2D eigenvalue weighted by Crippen LogP contribution is 1.72. The van der Waals surface area contributed by atoms with Crippen LogP contribution in [0, 0.1) is 11.3 Å².